The maximum Gasteiger partial charge on any atom is 0.282 e. The van der Waals surface area contributed by atoms with Crippen molar-refractivity contribution in [3.05, 3.63) is 58.8 Å². The summed E-state index contributed by atoms with van der Waals surface area (Å²) in [6.07, 6.45) is 1.74. The molecule has 0 saturated carbocycles. The van der Waals surface area contributed by atoms with Crippen molar-refractivity contribution in [3.8, 4) is 11.5 Å². The first-order valence-electron chi connectivity index (χ1n) is 11.2. The van der Waals surface area contributed by atoms with Gasteiger partial charge in [-0.1, -0.05) is 18.2 Å². The Morgan fingerprint density at radius 3 is 2.45 bits per heavy atom. The zero-order valence-corrected chi connectivity index (χ0v) is 19.6. The van der Waals surface area contributed by atoms with Gasteiger partial charge in [-0.2, -0.15) is 0 Å². The Kier molecular flexibility index (Phi) is 6.42. The van der Waals surface area contributed by atoms with Crippen LogP contribution in [-0.2, 0) is 9.59 Å². The molecule has 0 radical (unpaired) electrons. The molecule has 1 atom stereocenters. The molecule has 174 valence electrons. The first-order chi connectivity index (χ1) is 15.9. The average molecular weight is 451 g/mol. The molecular weight excluding hydrogens is 420 g/mol. The molecule has 7 heteroatoms. The molecule has 1 saturated heterocycles. The van der Waals surface area contributed by atoms with E-state index in [9.17, 15) is 14.7 Å². The highest BCUT2D eigenvalue weighted by atomic mass is 16.5. The van der Waals surface area contributed by atoms with Crippen molar-refractivity contribution in [2.45, 2.75) is 26.7 Å². The molecule has 4 rings (SSSR count). The van der Waals surface area contributed by atoms with E-state index in [2.05, 4.69) is 0 Å². The molecule has 1 unspecified atom stereocenters. The summed E-state index contributed by atoms with van der Waals surface area (Å²) in [6, 6.07) is 11.0. The zero-order chi connectivity index (χ0) is 23.7. The number of piperidine rings is 1. The van der Waals surface area contributed by atoms with E-state index < -0.39 is 0 Å². The number of amides is 2. The zero-order valence-electron chi connectivity index (χ0n) is 19.6. The van der Waals surface area contributed by atoms with Crippen LogP contribution in [0.3, 0.4) is 0 Å². The van der Waals surface area contributed by atoms with Crippen LogP contribution in [0.15, 0.2) is 42.1 Å². The molecule has 2 heterocycles. The van der Waals surface area contributed by atoms with Crippen LogP contribution in [0.5, 0.6) is 11.5 Å². The van der Waals surface area contributed by atoms with Gasteiger partial charge in [-0.15, -0.1) is 0 Å². The fourth-order valence-corrected chi connectivity index (χ4v) is 4.66. The van der Waals surface area contributed by atoms with Gasteiger partial charge in [0.25, 0.3) is 11.8 Å². The number of hydrogen-bond donors (Lipinski definition) is 1. The molecule has 7 nitrogen and oxygen atoms in total. The van der Waals surface area contributed by atoms with E-state index in [1.54, 1.807) is 25.3 Å². The molecule has 0 bridgehead atoms. The normalized spacial score (nSPS) is 18.9. The van der Waals surface area contributed by atoms with Gasteiger partial charge >= 0.3 is 0 Å². The van der Waals surface area contributed by atoms with Crippen LogP contribution in [0.1, 0.15) is 29.5 Å². The van der Waals surface area contributed by atoms with E-state index in [0.717, 1.165) is 24.0 Å². The maximum absolute atomic E-state index is 13.8. The SMILES string of the molecule is COc1ccc(C2=C(N3CCCC(CO)C3)C(=O)N(c3cc(C)ccc3C)C2=O)cc1OC. The molecule has 2 aromatic rings. The maximum atomic E-state index is 13.8. The molecular formula is C26H30N2O5. The van der Waals surface area contributed by atoms with Crippen LogP contribution in [0, 0.1) is 19.8 Å². The van der Waals surface area contributed by atoms with Crippen LogP contribution < -0.4 is 14.4 Å². The molecule has 2 aromatic carbocycles. The molecule has 2 amide bonds. The number of likely N-dealkylation sites (tertiary alicyclic amines) is 1. The number of methoxy groups -OCH3 is 2. The van der Waals surface area contributed by atoms with Crippen molar-refractivity contribution in [1.82, 2.24) is 4.90 Å². The topological polar surface area (TPSA) is 79.3 Å². The van der Waals surface area contributed by atoms with Crippen molar-refractivity contribution >= 4 is 23.1 Å². The standard InChI is InChI=1S/C26H30N2O5/c1-16-7-8-17(2)20(12-16)28-25(30)23(19-9-10-21(32-3)22(13-19)33-4)24(26(28)31)27-11-5-6-18(14-27)15-29/h7-10,12-13,18,29H,5-6,11,14-15H2,1-4H3. The summed E-state index contributed by atoms with van der Waals surface area (Å²) in [5.41, 5.74) is 3.73. The predicted octanol–water partition coefficient (Wildman–Crippen LogP) is 3.31. The van der Waals surface area contributed by atoms with Gasteiger partial charge in [0.15, 0.2) is 11.5 Å². The van der Waals surface area contributed by atoms with Gasteiger partial charge in [-0.25, -0.2) is 4.90 Å². The smallest absolute Gasteiger partial charge is 0.282 e. The minimum atomic E-state index is -0.359. The number of ether oxygens (including phenoxy) is 2. The van der Waals surface area contributed by atoms with Crippen molar-refractivity contribution < 1.29 is 24.2 Å². The minimum Gasteiger partial charge on any atom is -0.493 e. The number of rotatable bonds is 6. The Balaban J connectivity index is 1.87. The second-order valence-corrected chi connectivity index (χ2v) is 8.67. The summed E-state index contributed by atoms with van der Waals surface area (Å²) in [6.45, 7) is 5.07. The van der Waals surface area contributed by atoms with Crippen LogP contribution in [0.2, 0.25) is 0 Å². The number of aryl methyl sites for hydroxylation is 2. The number of nitrogens with zero attached hydrogens (tertiary/aromatic N) is 2. The lowest BCUT2D eigenvalue weighted by Crippen LogP contribution is -2.40. The third-order valence-corrected chi connectivity index (χ3v) is 6.43. The van der Waals surface area contributed by atoms with E-state index in [4.69, 9.17) is 9.47 Å². The number of aliphatic hydroxyl groups is 1. The number of aliphatic hydroxyl groups excluding tert-OH is 1. The summed E-state index contributed by atoms with van der Waals surface area (Å²) >= 11 is 0. The van der Waals surface area contributed by atoms with Crippen molar-refractivity contribution in [3.63, 3.8) is 0 Å². The first kappa shape index (κ1) is 22.9. The van der Waals surface area contributed by atoms with E-state index in [1.807, 2.05) is 36.9 Å². The number of anilines is 1. The van der Waals surface area contributed by atoms with Gasteiger partial charge in [0.2, 0.25) is 0 Å². The van der Waals surface area contributed by atoms with Crippen LogP contribution >= 0.6 is 0 Å². The highest BCUT2D eigenvalue weighted by Gasteiger charge is 2.44. The molecule has 2 aliphatic rings. The van der Waals surface area contributed by atoms with E-state index in [0.29, 0.717) is 47.1 Å². The van der Waals surface area contributed by atoms with E-state index in [-0.39, 0.29) is 24.3 Å². The fraction of sp³-hybridized carbons (Fsp3) is 0.385. The Labute approximate surface area is 194 Å². The van der Waals surface area contributed by atoms with Gasteiger partial charge in [0, 0.05) is 19.7 Å². The van der Waals surface area contributed by atoms with Gasteiger partial charge in [0.1, 0.15) is 5.70 Å². The molecule has 1 N–H and O–H groups in total. The molecule has 1 fully saturated rings. The van der Waals surface area contributed by atoms with Crippen LogP contribution in [0.25, 0.3) is 5.57 Å². The Morgan fingerprint density at radius 1 is 1.00 bits per heavy atom. The van der Waals surface area contributed by atoms with Gasteiger partial charge in [0.05, 0.1) is 25.5 Å². The van der Waals surface area contributed by atoms with E-state index >= 15 is 0 Å². The monoisotopic (exact) mass is 450 g/mol. The third kappa shape index (κ3) is 4.09. The summed E-state index contributed by atoms with van der Waals surface area (Å²) in [5, 5.41) is 9.74. The quantitative estimate of drug-likeness (QED) is 0.681. The van der Waals surface area contributed by atoms with Gasteiger partial charge < -0.3 is 19.5 Å². The van der Waals surface area contributed by atoms with Crippen molar-refractivity contribution in [2.75, 3.05) is 38.8 Å². The molecule has 0 aromatic heterocycles. The number of imide groups is 1. The number of carbonyl (C=O) groups excluding carboxylic acids is 2. The summed E-state index contributed by atoms with van der Waals surface area (Å²) in [5.74, 6) is 0.402. The Bertz CT molecular complexity index is 1120. The lowest BCUT2D eigenvalue weighted by atomic mass is 9.96. The molecule has 33 heavy (non-hydrogen) atoms. The Morgan fingerprint density at radius 2 is 1.76 bits per heavy atom. The summed E-state index contributed by atoms with van der Waals surface area (Å²) in [4.78, 5) is 30.9. The second-order valence-electron chi connectivity index (χ2n) is 8.67. The van der Waals surface area contributed by atoms with Crippen LogP contribution in [-0.4, -0.2) is 55.7 Å². The highest BCUT2D eigenvalue weighted by molar-refractivity contribution is 6.45. The van der Waals surface area contributed by atoms with Gasteiger partial charge in [-0.3, -0.25) is 9.59 Å². The summed E-state index contributed by atoms with van der Waals surface area (Å²) in [7, 11) is 3.09. The average Bonchev–Trinajstić information content (AvgIpc) is 3.09. The number of carbonyl (C=O) groups is 2. The second kappa shape index (κ2) is 9.27. The third-order valence-electron chi connectivity index (χ3n) is 6.43. The molecule has 2 aliphatic heterocycles. The molecule has 0 aliphatic carbocycles. The first-order valence-corrected chi connectivity index (χ1v) is 11.2. The lowest BCUT2D eigenvalue weighted by molar-refractivity contribution is -0.120. The van der Waals surface area contributed by atoms with Gasteiger partial charge in [-0.05, 0) is 67.5 Å². The van der Waals surface area contributed by atoms with E-state index in [1.165, 1.54) is 12.0 Å². The summed E-state index contributed by atoms with van der Waals surface area (Å²) < 4.78 is 10.8. The Hall–Kier alpha value is -3.32. The predicted molar refractivity (Wildman–Crippen MR) is 126 cm³/mol. The fourth-order valence-electron chi connectivity index (χ4n) is 4.66. The van der Waals surface area contributed by atoms with Crippen LogP contribution in [0.4, 0.5) is 5.69 Å². The minimum absolute atomic E-state index is 0.0539. The lowest BCUT2D eigenvalue weighted by Gasteiger charge is -2.34. The highest BCUT2D eigenvalue weighted by Crippen LogP contribution is 2.40. The van der Waals surface area contributed by atoms with Crippen molar-refractivity contribution in [1.29, 1.82) is 0 Å². The number of hydrogen-bond acceptors (Lipinski definition) is 6. The molecule has 0 spiro atoms. The van der Waals surface area contributed by atoms with Crippen molar-refractivity contribution in [2.24, 2.45) is 5.92 Å². The largest absolute Gasteiger partial charge is 0.493 e. The number of benzene rings is 2.